The molecule has 1 atom stereocenters. The highest BCUT2D eigenvalue weighted by Crippen LogP contribution is 2.41. The summed E-state index contributed by atoms with van der Waals surface area (Å²) in [6.45, 7) is 0. The van der Waals surface area contributed by atoms with Crippen molar-refractivity contribution in [3.05, 3.63) is 58.6 Å². The van der Waals surface area contributed by atoms with Crippen LogP contribution in [0.1, 0.15) is 28.3 Å². The molecule has 1 heterocycles. The number of fused-ring (bicyclic) bond motifs is 2. The van der Waals surface area contributed by atoms with Gasteiger partial charge in [0.2, 0.25) is 0 Å². The lowest BCUT2D eigenvalue weighted by atomic mass is 9.88. The summed E-state index contributed by atoms with van der Waals surface area (Å²) in [5.74, 6) is -1.21. The molecule has 1 N–H and O–H groups in total. The highest BCUT2D eigenvalue weighted by Gasteiger charge is 2.32. The number of aliphatic carboxylic acids is 1. The van der Waals surface area contributed by atoms with Crippen molar-refractivity contribution < 1.29 is 19.4 Å². The Labute approximate surface area is 125 Å². The maximum absolute atomic E-state index is 12.7. The molecule has 106 valence electrons. The first-order valence-corrected chi connectivity index (χ1v) is 6.76. The van der Waals surface area contributed by atoms with E-state index in [4.69, 9.17) is 21.4 Å². The lowest BCUT2D eigenvalue weighted by molar-refractivity contribution is -0.137. The van der Waals surface area contributed by atoms with E-state index in [1.165, 1.54) is 6.07 Å². The first kappa shape index (κ1) is 13.6. The van der Waals surface area contributed by atoms with Crippen molar-refractivity contribution in [3.8, 4) is 11.5 Å². The average Bonchev–Trinajstić information content (AvgIpc) is 2.56. The Kier molecular flexibility index (Phi) is 3.39. The van der Waals surface area contributed by atoms with Crippen molar-refractivity contribution in [1.82, 2.24) is 0 Å². The van der Waals surface area contributed by atoms with Crippen LogP contribution >= 0.6 is 11.6 Å². The van der Waals surface area contributed by atoms with Gasteiger partial charge in [-0.2, -0.15) is 0 Å². The highest BCUT2D eigenvalue weighted by molar-refractivity contribution is 6.31. The zero-order valence-electron chi connectivity index (χ0n) is 10.9. The molecule has 0 aliphatic carbocycles. The highest BCUT2D eigenvalue weighted by atomic mass is 35.5. The molecule has 2 aromatic carbocycles. The van der Waals surface area contributed by atoms with Crippen LogP contribution in [0.4, 0.5) is 0 Å². The molecule has 1 aliphatic rings. The number of carbonyl (C=O) groups excluding carboxylic acids is 1. The molecule has 0 saturated carbocycles. The van der Waals surface area contributed by atoms with Gasteiger partial charge in [-0.1, -0.05) is 29.8 Å². The minimum absolute atomic E-state index is 0.287. The van der Waals surface area contributed by atoms with Crippen LogP contribution in [0, 0.1) is 0 Å². The Balaban J connectivity index is 2.19. The minimum Gasteiger partial charge on any atom is -0.481 e. The Bertz CT molecular complexity index is 739. The van der Waals surface area contributed by atoms with Crippen LogP contribution in [-0.2, 0) is 4.79 Å². The van der Waals surface area contributed by atoms with E-state index in [0.29, 0.717) is 27.6 Å². The Hall–Kier alpha value is -2.33. The van der Waals surface area contributed by atoms with Gasteiger partial charge in [-0.15, -0.1) is 0 Å². The van der Waals surface area contributed by atoms with Gasteiger partial charge in [0, 0.05) is 10.6 Å². The molecule has 0 spiro atoms. The van der Waals surface area contributed by atoms with Crippen LogP contribution in [-0.4, -0.2) is 16.9 Å². The van der Waals surface area contributed by atoms with E-state index in [0.717, 1.165) is 0 Å². The molecule has 0 radical (unpaired) electrons. The zero-order valence-corrected chi connectivity index (χ0v) is 11.6. The largest absolute Gasteiger partial charge is 0.481 e. The fourth-order valence-electron chi connectivity index (χ4n) is 2.47. The third-order valence-corrected chi connectivity index (χ3v) is 3.65. The molecule has 2 aromatic rings. The zero-order chi connectivity index (χ0) is 15.0. The monoisotopic (exact) mass is 302 g/mol. The summed E-state index contributed by atoms with van der Waals surface area (Å²) in [7, 11) is 0. The molecule has 0 saturated heterocycles. The smallest absolute Gasteiger partial charge is 0.304 e. The number of halogens is 1. The van der Waals surface area contributed by atoms with Crippen molar-refractivity contribution in [2.24, 2.45) is 0 Å². The summed E-state index contributed by atoms with van der Waals surface area (Å²) < 4.78 is 5.77. The van der Waals surface area contributed by atoms with Crippen LogP contribution in [0.3, 0.4) is 0 Å². The number of ketones is 1. The summed E-state index contributed by atoms with van der Waals surface area (Å²) in [4.78, 5) is 23.8. The Morgan fingerprint density at radius 2 is 1.95 bits per heavy atom. The number of hydrogen-bond donors (Lipinski definition) is 1. The van der Waals surface area contributed by atoms with Crippen LogP contribution in [0.5, 0.6) is 11.5 Å². The van der Waals surface area contributed by atoms with Crippen molar-refractivity contribution in [2.75, 3.05) is 0 Å². The molecule has 3 rings (SSSR count). The molecule has 21 heavy (non-hydrogen) atoms. The van der Waals surface area contributed by atoms with Gasteiger partial charge < -0.3 is 9.84 Å². The van der Waals surface area contributed by atoms with Crippen LogP contribution in [0.15, 0.2) is 42.5 Å². The van der Waals surface area contributed by atoms with Crippen LogP contribution in [0.2, 0.25) is 5.02 Å². The van der Waals surface area contributed by atoms with Crippen molar-refractivity contribution in [2.45, 2.75) is 12.3 Å². The fourth-order valence-corrected chi connectivity index (χ4v) is 2.64. The first-order valence-electron chi connectivity index (χ1n) is 6.38. The van der Waals surface area contributed by atoms with E-state index in [-0.39, 0.29) is 12.2 Å². The van der Waals surface area contributed by atoms with Crippen molar-refractivity contribution >= 4 is 23.4 Å². The van der Waals surface area contributed by atoms with E-state index in [9.17, 15) is 9.59 Å². The molecule has 0 fully saturated rings. The molecule has 4 nitrogen and oxygen atoms in total. The van der Waals surface area contributed by atoms with Gasteiger partial charge in [0.05, 0.1) is 17.9 Å². The summed E-state index contributed by atoms with van der Waals surface area (Å²) in [5, 5.41) is 9.49. The molecule has 1 unspecified atom stereocenters. The first-order chi connectivity index (χ1) is 10.1. The van der Waals surface area contributed by atoms with E-state index in [2.05, 4.69) is 0 Å². The second-order valence-corrected chi connectivity index (χ2v) is 5.23. The number of carboxylic acid groups (broad SMARTS) is 1. The molecule has 5 heteroatoms. The topological polar surface area (TPSA) is 63.6 Å². The molecule has 1 aliphatic heterocycles. The Morgan fingerprint density at radius 3 is 2.71 bits per heavy atom. The minimum atomic E-state index is -1.03. The SMILES string of the molecule is O=C(O)CC1C(=O)c2cc(Cl)ccc2Oc2ccccc21. The number of ether oxygens (including phenoxy) is 1. The van der Waals surface area contributed by atoms with Gasteiger partial charge >= 0.3 is 5.97 Å². The summed E-state index contributed by atoms with van der Waals surface area (Å²) in [6.07, 6.45) is -0.287. The lowest BCUT2D eigenvalue weighted by Crippen LogP contribution is -2.16. The number of carboxylic acids is 1. The normalized spacial score (nSPS) is 16.4. The van der Waals surface area contributed by atoms with E-state index in [1.54, 1.807) is 36.4 Å². The number of benzene rings is 2. The van der Waals surface area contributed by atoms with E-state index >= 15 is 0 Å². The van der Waals surface area contributed by atoms with Crippen LogP contribution < -0.4 is 4.74 Å². The second-order valence-electron chi connectivity index (χ2n) is 4.80. The molecule has 0 aromatic heterocycles. The van der Waals surface area contributed by atoms with E-state index < -0.39 is 11.9 Å². The Morgan fingerprint density at radius 1 is 1.19 bits per heavy atom. The summed E-state index contributed by atoms with van der Waals surface area (Å²) in [6, 6.07) is 11.7. The average molecular weight is 303 g/mol. The van der Waals surface area contributed by atoms with Gasteiger partial charge in [0.15, 0.2) is 5.78 Å². The van der Waals surface area contributed by atoms with Crippen molar-refractivity contribution in [1.29, 1.82) is 0 Å². The molecular formula is C16H11ClO4. The van der Waals surface area contributed by atoms with E-state index in [1.807, 2.05) is 0 Å². The number of hydrogen-bond acceptors (Lipinski definition) is 3. The second kappa shape index (κ2) is 5.22. The lowest BCUT2D eigenvalue weighted by Gasteiger charge is -2.13. The van der Waals surface area contributed by atoms with Crippen molar-refractivity contribution in [3.63, 3.8) is 0 Å². The predicted octanol–water partition coefficient (Wildman–Crippen LogP) is 3.89. The predicted molar refractivity (Wildman–Crippen MR) is 77.3 cm³/mol. The number of Topliss-reactive ketones (excluding diaryl/α,β-unsaturated/α-hetero) is 1. The van der Waals surface area contributed by atoms with Gasteiger partial charge in [-0.3, -0.25) is 9.59 Å². The molecular weight excluding hydrogens is 292 g/mol. The molecule has 0 bridgehead atoms. The standard InChI is InChI=1S/C16H11ClO4/c17-9-5-6-14-12(7-9)16(20)11(8-15(18)19)10-3-1-2-4-13(10)21-14/h1-7,11H,8H2,(H,18,19). The van der Waals surface area contributed by atoms with Gasteiger partial charge in [-0.25, -0.2) is 0 Å². The quantitative estimate of drug-likeness (QED) is 0.914. The third-order valence-electron chi connectivity index (χ3n) is 3.42. The maximum Gasteiger partial charge on any atom is 0.304 e. The maximum atomic E-state index is 12.7. The summed E-state index contributed by atoms with van der Waals surface area (Å²) >= 11 is 5.94. The van der Waals surface area contributed by atoms with Gasteiger partial charge in [0.1, 0.15) is 11.5 Å². The van der Waals surface area contributed by atoms with Crippen LogP contribution in [0.25, 0.3) is 0 Å². The number of carbonyl (C=O) groups is 2. The molecule has 0 amide bonds. The third kappa shape index (κ3) is 2.50. The number of para-hydroxylation sites is 1. The van der Waals surface area contributed by atoms with Gasteiger partial charge in [0.25, 0.3) is 0 Å². The summed E-state index contributed by atoms with van der Waals surface area (Å²) in [5.41, 5.74) is 0.891. The van der Waals surface area contributed by atoms with Gasteiger partial charge in [-0.05, 0) is 24.3 Å². The number of rotatable bonds is 2. The fraction of sp³-hybridized carbons (Fsp3) is 0.125.